The van der Waals surface area contributed by atoms with Crippen molar-refractivity contribution < 1.29 is 4.79 Å². The van der Waals surface area contributed by atoms with Crippen LogP contribution in [0.25, 0.3) is 0 Å². The van der Waals surface area contributed by atoms with Crippen molar-refractivity contribution in [2.75, 3.05) is 5.01 Å². The number of halogens is 3. The molecular weight excluding hydrogens is 282 g/mol. The van der Waals surface area contributed by atoms with Gasteiger partial charge in [-0.2, -0.15) is 0 Å². The predicted octanol–water partition coefficient (Wildman–Crippen LogP) is 3.27. The summed E-state index contributed by atoms with van der Waals surface area (Å²) in [5.41, 5.74) is 2.72. The fraction of sp³-hybridized carbons (Fsp3) is 0.182. The Bertz CT molecular complexity index is 486. The lowest BCUT2D eigenvalue weighted by atomic mass is 10.1. The molecule has 6 heteroatoms. The van der Waals surface area contributed by atoms with Crippen LogP contribution in [-0.4, -0.2) is 10.8 Å². The van der Waals surface area contributed by atoms with Crippen molar-refractivity contribution in [3.63, 3.8) is 0 Å². The van der Waals surface area contributed by atoms with Crippen LogP contribution in [-0.2, 0) is 4.79 Å². The van der Waals surface area contributed by atoms with Crippen molar-refractivity contribution in [3.8, 4) is 0 Å². The van der Waals surface area contributed by atoms with Crippen LogP contribution in [0.3, 0.4) is 0 Å². The average molecular weight is 292 g/mol. The van der Waals surface area contributed by atoms with Gasteiger partial charge in [0, 0.05) is 5.02 Å². The van der Waals surface area contributed by atoms with Crippen LogP contribution >= 0.6 is 34.8 Å². The lowest BCUT2D eigenvalue weighted by Crippen LogP contribution is -2.48. The molecule has 1 atom stereocenters. The summed E-state index contributed by atoms with van der Waals surface area (Å²) in [6.07, 6.45) is 1.57. The summed E-state index contributed by atoms with van der Waals surface area (Å²) in [6, 6.07) is 7.05. The van der Waals surface area contributed by atoms with Gasteiger partial charge in [-0.1, -0.05) is 23.2 Å². The molecule has 0 spiro atoms. The Morgan fingerprint density at radius 2 is 1.88 bits per heavy atom. The summed E-state index contributed by atoms with van der Waals surface area (Å²) >= 11 is 17.4. The van der Waals surface area contributed by atoms with Gasteiger partial charge < -0.3 is 0 Å². The highest BCUT2D eigenvalue weighted by molar-refractivity contribution is 6.66. The Balaban J connectivity index is 2.29. The van der Waals surface area contributed by atoms with E-state index in [0.717, 1.165) is 5.69 Å². The highest BCUT2D eigenvalue weighted by Gasteiger charge is 2.38. The zero-order valence-corrected chi connectivity index (χ0v) is 11.1. The molecule has 2 rings (SSSR count). The van der Waals surface area contributed by atoms with Gasteiger partial charge in [0.1, 0.15) is 10.7 Å². The highest BCUT2D eigenvalue weighted by atomic mass is 35.5. The summed E-state index contributed by atoms with van der Waals surface area (Å²) < 4.78 is 0. The largest absolute Gasteiger partial charge is 0.279 e. The topological polar surface area (TPSA) is 32.3 Å². The van der Waals surface area contributed by atoms with Gasteiger partial charge in [0.15, 0.2) is 0 Å². The number of nitrogens with one attached hydrogen (secondary N) is 1. The third-order valence-electron chi connectivity index (χ3n) is 2.46. The van der Waals surface area contributed by atoms with Gasteiger partial charge in [-0.15, -0.1) is 0 Å². The molecule has 1 aliphatic rings. The molecule has 0 radical (unpaired) electrons. The van der Waals surface area contributed by atoms with E-state index in [-0.39, 0.29) is 0 Å². The SMILES string of the molecule is CC1(C(=O)Cl)C=C(Cl)N(c2ccc(Cl)cc2)N1. The molecule has 0 aromatic heterocycles. The Hall–Kier alpha value is -0.740. The van der Waals surface area contributed by atoms with Gasteiger partial charge in [-0.05, 0) is 48.9 Å². The van der Waals surface area contributed by atoms with Crippen LogP contribution < -0.4 is 10.4 Å². The zero-order chi connectivity index (χ0) is 12.6. The van der Waals surface area contributed by atoms with E-state index < -0.39 is 10.8 Å². The summed E-state index contributed by atoms with van der Waals surface area (Å²) in [7, 11) is 0. The zero-order valence-electron chi connectivity index (χ0n) is 8.88. The number of rotatable bonds is 2. The first-order valence-electron chi connectivity index (χ1n) is 4.84. The maximum Gasteiger partial charge on any atom is 0.247 e. The van der Waals surface area contributed by atoms with E-state index >= 15 is 0 Å². The first-order valence-corrected chi connectivity index (χ1v) is 5.97. The Morgan fingerprint density at radius 1 is 1.29 bits per heavy atom. The van der Waals surface area contributed by atoms with Gasteiger partial charge in [0.25, 0.3) is 0 Å². The molecule has 1 aromatic carbocycles. The number of hydrogen-bond acceptors (Lipinski definition) is 3. The number of benzene rings is 1. The van der Waals surface area contributed by atoms with E-state index in [9.17, 15) is 4.79 Å². The Morgan fingerprint density at radius 3 is 2.35 bits per heavy atom. The predicted molar refractivity (Wildman–Crippen MR) is 70.3 cm³/mol. The van der Waals surface area contributed by atoms with E-state index in [2.05, 4.69) is 5.43 Å². The summed E-state index contributed by atoms with van der Waals surface area (Å²) in [6.45, 7) is 1.65. The van der Waals surface area contributed by atoms with Gasteiger partial charge in [0.2, 0.25) is 5.24 Å². The molecule has 0 amide bonds. The van der Waals surface area contributed by atoms with Crippen LogP contribution in [0.1, 0.15) is 6.92 Å². The fourth-order valence-corrected chi connectivity index (χ4v) is 2.08. The number of anilines is 1. The molecule has 90 valence electrons. The van der Waals surface area contributed by atoms with Crippen LogP contribution in [0, 0.1) is 0 Å². The van der Waals surface area contributed by atoms with Gasteiger partial charge in [-0.3, -0.25) is 9.80 Å². The van der Waals surface area contributed by atoms with Crippen LogP contribution in [0.2, 0.25) is 5.02 Å². The van der Waals surface area contributed by atoms with Crippen molar-refractivity contribution in [1.29, 1.82) is 0 Å². The molecule has 1 heterocycles. The van der Waals surface area contributed by atoms with Crippen molar-refractivity contribution in [2.45, 2.75) is 12.5 Å². The third kappa shape index (κ3) is 2.43. The van der Waals surface area contributed by atoms with Crippen molar-refractivity contribution >= 4 is 45.7 Å². The van der Waals surface area contributed by atoms with Gasteiger partial charge in [0.05, 0.1) is 5.69 Å². The van der Waals surface area contributed by atoms with Crippen LogP contribution in [0.4, 0.5) is 5.69 Å². The van der Waals surface area contributed by atoms with E-state index in [4.69, 9.17) is 34.8 Å². The first kappa shape index (κ1) is 12.7. The Kier molecular flexibility index (Phi) is 3.36. The monoisotopic (exact) mass is 290 g/mol. The lowest BCUT2D eigenvalue weighted by Gasteiger charge is -2.25. The normalized spacial score (nSPS) is 23.8. The number of carbonyl (C=O) groups excluding carboxylic acids is 1. The first-order chi connectivity index (χ1) is 7.92. The minimum absolute atomic E-state index is 0.392. The molecule has 1 aliphatic heterocycles. The fourth-order valence-electron chi connectivity index (χ4n) is 1.50. The molecular formula is C11H9Cl3N2O. The maximum absolute atomic E-state index is 11.3. The minimum atomic E-state index is -0.988. The molecule has 0 bridgehead atoms. The van der Waals surface area contributed by atoms with Crippen molar-refractivity contribution in [1.82, 2.24) is 5.43 Å². The van der Waals surface area contributed by atoms with Crippen molar-refractivity contribution in [2.24, 2.45) is 0 Å². The highest BCUT2D eigenvalue weighted by Crippen LogP contribution is 2.30. The maximum atomic E-state index is 11.3. The van der Waals surface area contributed by atoms with Crippen LogP contribution in [0.15, 0.2) is 35.5 Å². The number of hydrogen-bond donors (Lipinski definition) is 1. The lowest BCUT2D eigenvalue weighted by molar-refractivity contribution is -0.115. The second kappa shape index (κ2) is 4.50. The third-order valence-corrected chi connectivity index (χ3v) is 3.38. The summed E-state index contributed by atoms with van der Waals surface area (Å²) in [5, 5.41) is 2.08. The molecule has 1 aromatic rings. The number of carbonyl (C=O) groups is 1. The molecule has 0 saturated heterocycles. The average Bonchev–Trinajstić information content (AvgIpc) is 2.57. The minimum Gasteiger partial charge on any atom is -0.279 e. The standard InChI is InChI=1S/C11H9Cl3N2O/c1-11(10(14)17)6-9(13)16(15-11)8-4-2-7(12)3-5-8/h2-6,15H,1H3. The summed E-state index contributed by atoms with van der Waals surface area (Å²) in [5.74, 6) is 0. The van der Waals surface area contributed by atoms with E-state index in [1.165, 1.54) is 0 Å². The molecule has 17 heavy (non-hydrogen) atoms. The molecule has 0 fully saturated rings. The Labute approximate surface area is 114 Å². The quantitative estimate of drug-likeness (QED) is 0.670. The van der Waals surface area contributed by atoms with Crippen molar-refractivity contribution in [3.05, 3.63) is 40.5 Å². The summed E-state index contributed by atoms with van der Waals surface area (Å²) in [4.78, 5) is 11.3. The number of hydrazine groups is 1. The molecule has 1 unspecified atom stereocenters. The van der Waals surface area contributed by atoms with E-state index in [0.29, 0.717) is 10.2 Å². The second-order valence-corrected chi connectivity index (χ2v) is 5.03. The van der Waals surface area contributed by atoms with Gasteiger partial charge in [-0.25, -0.2) is 5.43 Å². The molecule has 3 nitrogen and oxygen atoms in total. The molecule has 0 aliphatic carbocycles. The van der Waals surface area contributed by atoms with E-state index in [1.54, 1.807) is 42.3 Å². The van der Waals surface area contributed by atoms with Gasteiger partial charge >= 0.3 is 0 Å². The number of nitrogens with zero attached hydrogens (tertiary/aromatic N) is 1. The van der Waals surface area contributed by atoms with E-state index in [1.807, 2.05) is 0 Å². The second-order valence-electron chi connectivity index (χ2n) is 3.87. The van der Waals surface area contributed by atoms with Crippen LogP contribution in [0.5, 0.6) is 0 Å². The molecule has 1 N–H and O–H groups in total. The smallest absolute Gasteiger partial charge is 0.247 e. The molecule has 0 saturated carbocycles.